The van der Waals surface area contributed by atoms with Crippen LogP contribution in [0.25, 0.3) is 0 Å². The van der Waals surface area contributed by atoms with Crippen molar-refractivity contribution < 1.29 is 34.4 Å². The predicted molar refractivity (Wildman–Crippen MR) is 135 cm³/mol. The summed E-state index contributed by atoms with van der Waals surface area (Å²) in [5, 5.41) is 28.2. The average Bonchev–Trinajstić information content (AvgIpc) is 2.81. The van der Waals surface area contributed by atoms with E-state index in [-0.39, 0.29) is 11.9 Å². The number of hydrogen-bond acceptors (Lipinski definition) is 7. The minimum absolute atomic E-state index is 0.149. The Kier molecular flexibility index (Phi) is 11.5. The van der Waals surface area contributed by atoms with Gasteiger partial charge in [-0.2, -0.15) is 0 Å². The zero-order valence-electron chi connectivity index (χ0n) is 20.0. The molecular formula is C25H32ClN3O7. The molecule has 1 saturated heterocycles. The van der Waals surface area contributed by atoms with Gasteiger partial charge in [-0.05, 0) is 24.5 Å². The number of carboxylic acids is 2. The maximum Gasteiger partial charge on any atom is 0.305 e. The quantitative estimate of drug-likeness (QED) is 0.312. The Morgan fingerprint density at radius 1 is 1.11 bits per heavy atom. The number of benzene rings is 2. The number of aliphatic hydroxyl groups is 1. The van der Waals surface area contributed by atoms with Crippen molar-refractivity contribution in [2.24, 2.45) is 0 Å². The molecule has 2 aromatic rings. The lowest BCUT2D eigenvalue weighted by Crippen LogP contribution is -2.44. The molecule has 11 heteroatoms. The molecule has 6 N–H and O–H groups in total. The molecule has 1 aliphatic rings. The molecule has 3 rings (SSSR count). The minimum atomic E-state index is -1.28. The Morgan fingerprint density at radius 2 is 1.69 bits per heavy atom. The monoisotopic (exact) mass is 521 g/mol. The summed E-state index contributed by atoms with van der Waals surface area (Å²) in [5.41, 5.74) is 7.91. The second-order valence-electron chi connectivity index (χ2n) is 8.43. The average molecular weight is 522 g/mol. The number of piperidine rings is 1. The van der Waals surface area contributed by atoms with Crippen LogP contribution in [0.15, 0.2) is 42.5 Å². The lowest BCUT2D eigenvalue weighted by molar-refractivity contribution is -0.142. The molecule has 2 aromatic carbocycles. The SMILES string of the molecule is COc1cc(N)c(Cl)cc1C(=O)NC1CCN(Cc2ccccc2)CC1.O=C(O)CC(O)CC(=O)O. The molecule has 196 valence electrons. The maximum atomic E-state index is 12.6. The molecule has 0 aromatic heterocycles. The van der Waals surface area contributed by atoms with Gasteiger partial charge < -0.3 is 31.1 Å². The van der Waals surface area contributed by atoms with Crippen molar-refractivity contribution in [1.82, 2.24) is 10.2 Å². The summed E-state index contributed by atoms with van der Waals surface area (Å²) in [6.07, 6.45) is -0.485. The van der Waals surface area contributed by atoms with Crippen molar-refractivity contribution in [2.75, 3.05) is 25.9 Å². The molecule has 1 heterocycles. The molecule has 36 heavy (non-hydrogen) atoms. The van der Waals surface area contributed by atoms with Gasteiger partial charge in [0.05, 0.1) is 42.3 Å². The number of aliphatic carboxylic acids is 2. The van der Waals surface area contributed by atoms with E-state index in [0.29, 0.717) is 22.0 Å². The third kappa shape index (κ3) is 9.73. The number of carboxylic acid groups (broad SMARTS) is 2. The number of rotatable bonds is 9. The summed E-state index contributed by atoms with van der Waals surface area (Å²) in [5.74, 6) is -2.14. The predicted octanol–water partition coefficient (Wildman–Crippen LogP) is 2.62. The van der Waals surface area contributed by atoms with Gasteiger partial charge in [0.15, 0.2) is 0 Å². The highest BCUT2D eigenvalue weighted by molar-refractivity contribution is 6.33. The normalized spacial score (nSPS) is 14.0. The van der Waals surface area contributed by atoms with Crippen LogP contribution in [0.4, 0.5) is 5.69 Å². The van der Waals surface area contributed by atoms with Crippen LogP contribution in [-0.4, -0.2) is 70.4 Å². The number of methoxy groups -OCH3 is 1. The van der Waals surface area contributed by atoms with Crippen LogP contribution in [0.3, 0.4) is 0 Å². The van der Waals surface area contributed by atoms with Gasteiger partial charge in [0.2, 0.25) is 0 Å². The van der Waals surface area contributed by atoms with Gasteiger partial charge in [-0.25, -0.2) is 0 Å². The van der Waals surface area contributed by atoms with E-state index in [1.807, 2.05) is 6.07 Å². The molecule has 0 radical (unpaired) electrons. The standard InChI is InChI=1S/C20H24ClN3O2.C5H8O5/c1-26-19-12-18(22)17(21)11-16(19)20(25)23-15-7-9-24(10-8-15)13-14-5-3-2-4-6-14;6-3(1-4(7)8)2-5(9)10/h2-6,11-12,15H,7-10,13,22H2,1H3,(H,23,25);3,6H,1-2H2,(H,7,8)(H,9,10). The third-order valence-electron chi connectivity index (χ3n) is 5.56. The Hall–Kier alpha value is -3.34. The second-order valence-corrected chi connectivity index (χ2v) is 8.84. The van der Waals surface area contributed by atoms with Crippen molar-refractivity contribution in [2.45, 2.75) is 44.4 Å². The van der Waals surface area contributed by atoms with Gasteiger partial charge in [-0.3, -0.25) is 19.3 Å². The van der Waals surface area contributed by atoms with Crippen LogP contribution in [0.2, 0.25) is 5.02 Å². The number of halogens is 1. The lowest BCUT2D eigenvalue weighted by Gasteiger charge is -2.32. The van der Waals surface area contributed by atoms with Gasteiger partial charge >= 0.3 is 11.9 Å². The van der Waals surface area contributed by atoms with E-state index in [1.165, 1.54) is 12.7 Å². The van der Waals surface area contributed by atoms with Crippen LogP contribution in [0.5, 0.6) is 5.75 Å². The molecule has 0 aliphatic carbocycles. The Bertz CT molecular complexity index is 1010. The van der Waals surface area contributed by atoms with Gasteiger partial charge in [0.25, 0.3) is 5.91 Å². The van der Waals surface area contributed by atoms with E-state index in [9.17, 15) is 14.4 Å². The molecule has 1 amide bonds. The van der Waals surface area contributed by atoms with Crippen LogP contribution in [-0.2, 0) is 16.1 Å². The molecule has 0 unspecified atom stereocenters. The van der Waals surface area contributed by atoms with E-state index in [0.717, 1.165) is 32.5 Å². The summed E-state index contributed by atoms with van der Waals surface area (Å²) < 4.78 is 5.27. The first kappa shape index (κ1) is 28.9. The highest BCUT2D eigenvalue weighted by atomic mass is 35.5. The van der Waals surface area contributed by atoms with E-state index in [2.05, 4.69) is 34.5 Å². The van der Waals surface area contributed by atoms with E-state index in [1.54, 1.807) is 12.1 Å². The summed E-state index contributed by atoms with van der Waals surface area (Å²) in [6, 6.07) is 13.7. The molecular weight excluding hydrogens is 490 g/mol. The summed E-state index contributed by atoms with van der Waals surface area (Å²) in [6.45, 7) is 2.86. The molecule has 1 fully saturated rings. The van der Waals surface area contributed by atoms with Crippen molar-refractivity contribution in [1.29, 1.82) is 0 Å². The second kappa shape index (κ2) is 14.3. The number of nitrogen functional groups attached to an aromatic ring is 1. The summed E-state index contributed by atoms with van der Waals surface area (Å²) >= 11 is 6.06. The van der Waals surface area contributed by atoms with Gasteiger partial charge in [0.1, 0.15) is 5.75 Å². The number of nitrogens with one attached hydrogen (secondary N) is 1. The summed E-state index contributed by atoms with van der Waals surface area (Å²) in [4.78, 5) is 34.7. The topological polar surface area (TPSA) is 162 Å². The molecule has 0 spiro atoms. The fourth-order valence-electron chi connectivity index (χ4n) is 3.73. The Morgan fingerprint density at radius 3 is 2.22 bits per heavy atom. The Labute approximate surface area is 214 Å². The summed E-state index contributed by atoms with van der Waals surface area (Å²) in [7, 11) is 1.52. The number of ether oxygens (including phenoxy) is 1. The van der Waals surface area contributed by atoms with Crippen molar-refractivity contribution in [3.05, 3.63) is 58.6 Å². The first-order chi connectivity index (χ1) is 17.1. The van der Waals surface area contributed by atoms with Crippen LogP contribution in [0, 0.1) is 0 Å². The largest absolute Gasteiger partial charge is 0.496 e. The maximum absolute atomic E-state index is 12.6. The molecule has 0 saturated carbocycles. The van der Waals surface area contributed by atoms with Crippen molar-refractivity contribution in [3.8, 4) is 5.75 Å². The first-order valence-corrected chi connectivity index (χ1v) is 11.8. The van der Waals surface area contributed by atoms with E-state index in [4.69, 9.17) is 37.4 Å². The number of hydrogen-bond donors (Lipinski definition) is 5. The third-order valence-corrected chi connectivity index (χ3v) is 5.88. The number of likely N-dealkylation sites (tertiary alicyclic amines) is 1. The van der Waals surface area contributed by atoms with E-state index >= 15 is 0 Å². The number of nitrogens with two attached hydrogens (primary N) is 1. The number of carbonyl (C=O) groups excluding carboxylic acids is 1. The number of anilines is 1. The minimum Gasteiger partial charge on any atom is -0.496 e. The molecule has 0 atom stereocenters. The zero-order valence-corrected chi connectivity index (χ0v) is 20.8. The van der Waals surface area contributed by atoms with Crippen molar-refractivity contribution >= 4 is 35.1 Å². The number of amides is 1. The van der Waals surface area contributed by atoms with Gasteiger partial charge in [-0.15, -0.1) is 0 Å². The first-order valence-electron chi connectivity index (χ1n) is 11.4. The van der Waals surface area contributed by atoms with Gasteiger partial charge in [-0.1, -0.05) is 41.9 Å². The lowest BCUT2D eigenvalue weighted by atomic mass is 10.0. The fraction of sp³-hybridized carbons (Fsp3) is 0.400. The van der Waals surface area contributed by atoms with Crippen molar-refractivity contribution in [3.63, 3.8) is 0 Å². The van der Waals surface area contributed by atoms with Crippen LogP contribution < -0.4 is 15.8 Å². The van der Waals surface area contributed by atoms with E-state index < -0.39 is 30.9 Å². The fourth-order valence-corrected chi connectivity index (χ4v) is 3.89. The number of nitrogens with zero attached hydrogens (tertiary/aromatic N) is 1. The highest BCUT2D eigenvalue weighted by Crippen LogP contribution is 2.29. The van der Waals surface area contributed by atoms with Gasteiger partial charge in [0, 0.05) is 31.7 Å². The number of carbonyl (C=O) groups is 3. The number of aliphatic hydroxyl groups excluding tert-OH is 1. The Balaban J connectivity index is 0.000000388. The molecule has 1 aliphatic heterocycles. The zero-order chi connectivity index (χ0) is 26.7. The molecule has 0 bridgehead atoms. The smallest absolute Gasteiger partial charge is 0.305 e. The van der Waals surface area contributed by atoms with Crippen LogP contribution >= 0.6 is 11.6 Å². The highest BCUT2D eigenvalue weighted by Gasteiger charge is 2.23. The molecule has 10 nitrogen and oxygen atoms in total. The van der Waals surface area contributed by atoms with Crippen LogP contribution in [0.1, 0.15) is 41.6 Å².